The van der Waals surface area contributed by atoms with E-state index in [4.69, 9.17) is 11.6 Å². The standard InChI is InChI=1S/C19H18ClN5O2S/c1-2-12-3-5-13(6-4-12)17-21-19(25-23-17)28-11-16(26)22-24-18(27)14-7-9-15(20)10-8-14/h3-10H,2,11H2,1H3,(H,22,26)(H,24,27)(H,21,23,25). The molecule has 0 atom stereocenters. The van der Waals surface area contributed by atoms with Crippen LogP contribution in [0.4, 0.5) is 0 Å². The van der Waals surface area contributed by atoms with Gasteiger partial charge >= 0.3 is 0 Å². The number of hydrazine groups is 1. The van der Waals surface area contributed by atoms with Gasteiger partial charge in [0.25, 0.3) is 5.91 Å². The highest BCUT2D eigenvalue weighted by Gasteiger charge is 2.11. The fourth-order valence-corrected chi connectivity index (χ4v) is 3.03. The van der Waals surface area contributed by atoms with Crippen molar-refractivity contribution < 1.29 is 9.59 Å². The van der Waals surface area contributed by atoms with E-state index in [2.05, 4.69) is 33.0 Å². The quantitative estimate of drug-likeness (QED) is 0.424. The van der Waals surface area contributed by atoms with E-state index in [9.17, 15) is 9.59 Å². The first-order valence-electron chi connectivity index (χ1n) is 8.54. The normalized spacial score (nSPS) is 10.5. The highest BCUT2D eigenvalue weighted by Crippen LogP contribution is 2.19. The highest BCUT2D eigenvalue weighted by atomic mass is 35.5. The molecule has 2 amide bonds. The highest BCUT2D eigenvalue weighted by molar-refractivity contribution is 7.99. The first-order chi connectivity index (χ1) is 13.5. The van der Waals surface area contributed by atoms with Gasteiger partial charge in [0, 0.05) is 16.1 Å². The zero-order valence-corrected chi connectivity index (χ0v) is 16.6. The second kappa shape index (κ2) is 9.38. The average molecular weight is 416 g/mol. The maximum absolute atomic E-state index is 11.9. The van der Waals surface area contributed by atoms with Crippen LogP contribution in [-0.4, -0.2) is 32.7 Å². The zero-order chi connectivity index (χ0) is 19.9. The molecule has 0 fully saturated rings. The summed E-state index contributed by atoms with van der Waals surface area (Å²) in [4.78, 5) is 28.2. The van der Waals surface area contributed by atoms with Crippen molar-refractivity contribution in [2.45, 2.75) is 18.5 Å². The Balaban J connectivity index is 1.47. The minimum Gasteiger partial charge on any atom is -0.272 e. The summed E-state index contributed by atoms with van der Waals surface area (Å²) >= 11 is 6.95. The number of benzene rings is 2. The Morgan fingerprint density at radius 2 is 1.79 bits per heavy atom. The summed E-state index contributed by atoms with van der Waals surface area (Å²) in [5.41, 5.74) is 7.28. The van der Waals surface area contributed by atoms with E-state index in [0.717, 1.165) is 12.0 Å². The van der Waals surface area contributed by atoms with E-state index in [1.54, 1.807) is 24.3 Å². The molecule has 9 heteroatoms. The second-order valence-electron chi connectivity index (χ2n) is 5.81. The van der Waals surface area contributed by atoms with Crippen LogP contribution >= 0.6 is 23.4 Å². The lowest BCUT2D eigenvalue weighted by Crippen LogP contribution is -2.42. The maximum Gasteiger partial charge on any atom is 0.269 e. The Kier molecular flexibility index (Phi) is 6.67. The minimum absolute atomic E-state index is 0.0625. The summed E-state index contributed by atoms with van der Waals surface area (Å²) in [6, 6.07) is 14.4. The van der Waals surface area contributed by atoms with E-state index in [-0.39, 0.29) is 11.7 Å². The molecule has 0 aliphatic carbocycles. The zero-order valence-electron chi connectivity index (χ0n) is 15.0. The maximum atomic E-state index is 11.9. The van der Waals surface area contributed by atoms with E-state index in [0.29, 0.717) is 21.6 Å². The van der Waals surface area contributed by atoms with Gasteiger partial charge in [-0.25, -0.2) is 4.98 Å². The van der Waals surface area contributed by atoms with Gasteiger partial charge in [-0.15, -0.1) is 5.10 Å². The number of rotatable bonds is 6. The predicted octanol–water partition coefficient (Wildman–Crippen LogP) is 3.24. The molecule has 0 spiro atoms. The summed E-state index contributed by atoms with van der Waals surface area (Å²) in [5.74, 6) is -0.0919. The van der Waals surface area contributed by atoms with E-state index in [1.165, 1.54) is 17.3 Å². The van der Waals surface area contributed by atoms with E-state index in [1.807, 2.05) is 24.3 Å². The molecular formula is C19H18ClN5O2S. The molecule has 0 radical (unpaired) electrons. The van der Waals surface area contributed by atoms with E-state index < -0.39 is 5.91 Å². The van der Waals surface area contributed by atoms with Crippen molar-refractivity contribution in [1.29, 1.82) is 0 Å². The molecule has 1 heterocycles. The van der Waals surface area contributed by atoms with Gasteiger partial charge in [-0.3, -0.25) is 25.5 Å². The van der Waals surface area contributed by atoms with Crippen molar-refractivity contribution in [3.63, 3.8) is 0 Å². The number of carbonyl (C=O) groups excluding carboxylic acids is 2. The lowest BCUT2D eigenvalue weighted by Gasteiger charge is -2.06. The van der Waals surface area contributed by atoms with Gasteiger partial charge in [0.15, 0.2) is 5.82 Å². The Morgan fingerprint density at radius 1 is 1.07 bits per heavy atom. The Hall–Kier alpha value is -2.84. The van der Waals surface area contributed by atoms with Crippen LogP contribution in [0, 0.1) is 0 Å². The third kappa shape index (κ3) is 5.34. The lowest BCUT2D eigenvalue weighted by atomic mass is 10.1. The monoisotopic (exact) mass is 415 g/mol. The van der Waals surface area contributed by atoms with Gasteiger partial charge in [-0.2, -0.15) is 0 Å². The molecule has 0 unspecified atom stereocenters. The number of hydrogen-bond donors (Lipinski definition) is 3. The Bertz CT molecular complexity index is 957. The van der Waals surface area contributed by atoms with E-state index >= 15 is 0 Å². The Morgan fingerprint density at radius 3 is 2.46 bits per heavy atom. The van der Waals surface area contributed by atoms with Crippen LogP contribution in [0.5, 0.6) is 0 Å². The number of aryl methyl sites for hydroxylation is 1. The van der Waals surface area contributed by atoms with Crippen LogP contribution in [0.25, 0.3) is 11.4 Å². The SMILES string of the molecule is CCc1ccc(-c2nc(SCC(=O)NNC(=O)c3ccc(Cl)cc3)n[nH]2)cc1. The van der Waals surface area contributed by atoms with Gasteiger partial charge < -0.3 is 0 Å². The molecule has 3 N–H and O–H groups in total. The van der Waals surface area contributed by atoms with Crippen LogP contribution in [0.1, 0.15) is 22.8 Å². The number of carbonyl (C=O) groups is 2. The molecule has 0 bridgehead atoms. The molecule has 144 valence electrons. The third-order valence-electron chi connectivity index (χ3n) is 3.85. The van der Waals surface area contributed by atoms with Crippen LogP contribution in [0.15, 0.2) is 53.7 Å². The van der Waals surface area contributed by atoms with Crippen LogP contribution in [0.2, 0.25) is 5.02 Å². The smallest absolute Gasteiger partial charge is 0.269 e. The van der Waals surface area contributed by atoms with Gasteiger partial charge in [-0.05, 0) is 36.2 Å². The Labute approximate surface area is 171 Å². The van der Waals surface area contributed by atoms with Crippen molar-refractivity contribution in [2.75, 3.05) is 5.75 Å². The van der Waals surface area contributed by atoms with Crippen molar-refractivity contribution in [3.05, 3.63) is 64.7 Å². The molecule has 0 saturated heterocycles. The van der Waals surface area contributed by atoms with Crippen molar-refractivity contribution in [2.24, 2.45) is 0 Å². The number of nitrogens with zero attached hydrogens (tertiary/aromatic N) is 2. The fourth-order valence-electron chi connectivity index (χ4n) is 2.30. The van der Waals surface area contributed by atoms with Gasteiger partial charge in [0.05, 0.1) is 5.75 Å². The number of aromatic amines is 1. The van der Waals surface area contributed by atoms with Crippen LogP contribution in [0.3, 0.4) is 0 Å². The lowest BCUT2D eigenvalue weighted by molar-refractivity contribution is -0.119. The van der Waals surface area contributed by atoms with Gasteiger partial charge in [-0.1, -0.05) is 54.6 Å². The number of amides is 2. The number of H-pyrrole nitrogens is 1. The first-order valence-corrected chi connectivity index (χ1v) is 9.90. The van der Waals surface area contributed by atoms with Crippen LogP contribution < -0.4 is 10.9 Å². The van der Waals surface area contributed by atoms with Crippen molar-refractivity contribution in [3.8, 4) is 11.4 Å². The summed E-state index contributed by atoms with van der Waals surface area (Å²) in [5, 5.41) is 7.95. The minimum atomic E-state index is -0.425. The van der Waals surface area contributed by atoms with Gasteiger partial charge in [0.2, 0.25) is 11.1 Å². The van der Waals surface area contributed by atoms with Crippen LogP contribution in [-0.2, 0) is 11.2 Å². The first kappa shape index (κ1) is 19.9. The van der Waals surface area contributed by atoms with Gasteiger partial charge in [0.1, 0.15) is 0 Å². The third-order valence-corrected chi connectivity index (χ3v) is 4.95. The molecule has 3 rings (SSSR count). The number of nitrogens with one attached hydrogen (secondary N) is 3. The summed E-state index contributed by atoms with van der Waals surface area (Å²) in [6.45, 7) is 2.10. The summed E-state index contributed by atoms with van der Waals surface area (Å²) in [6.07, 6.45) is 0.974. The van der Waals surface area contributed by atoms with Crippen molar-refractivity contribution >= 4 is 35.2 Å². The summed E-state index contributed by atoms with van der Waals surface area (Å²) < 4.78 is 0. The molecular weight excluding hydrogens is 398 g/mol. The molecule has 2 aromatic carbocycles. The summed E-state index contributed by atoms with van der Waals surface area (Å²) in [7, 11) is 0. The molecule has 28 heavy (non-hydrogen) atoms. The average Bonchev–Trinajstić information content (AvgIpc) is 3.20. The number of hydrogen-bond acceptors (Lipinski definition) is 5. The fraction of sp³-hybridized carbons (Fsp3) is 0.158. The van der Waals surface area contributed by atoms with Crippen molar-refractivity contribution in [1.82, 2.24) is 26.0 Å². The number of thioether (sulfide) groups is 1. The molecule has 7 nitrogen and oxygen atoms in total. The predicted molar refractivity (Wildman–Crippen MR) is 109 cm³/mol. The molecule has 3 aromatic rings. The number of halogens is 1. The molecule has 1 aromatic heterocycles. The molecule has 0 aliphatic heterocycles. The number of aromatic nitrogens is 3. The molecule has 0 saturated carbocycles. The topological polar surface area (TPSA) is 99.8 Å². The second-order valence-corrected chi connectivity index (χ2v) is 7.19. The largest absolute Gasteiger partial charge is 0.272 e. The molecule has 0 aliphatic rings.